The first kappa shape index (κ1) is 16.4. The van der Waals surface area contributed by atoms with Crippen LogP contribution in [0.3, 0.4) is 0 Å². The number of aryl methyl sites for hydroxylation is 1. The van der Waals surface area contributed by atoms with E-state index in [2.05, 4.69) is 10.5 Å². The quantitative estimate of drug-likeness (QED) is 0.815. The molecular weight excluding hydrogens is 332 g/mol. The Morgan fingerprint density at radius 1 is 1.19 bits per heavy atom. The molecule has 0 spiro atoms. The van der Waals surface area contributed by atoms with E-state index in [0.29, 0.717) is 23.6 Å². The second kappa shape index (κ2) is 6.71. The lowest BCUT2D eigenvalue weighted by Crippen LogP contribution is -2.42. The van der Waals surface area contributed by atoms with Crippen LogP contribution in [0.15, 0.2) is 41.5 Å². The van der Waals surface area contributed by atoms with Crippen LogP contribution in [0.1, 0.15) is 29.5 Å². The third-order valence-corrected chi connectivity index (χ3v) is 4.76. The minimum Gasteiger partial charge on any atom is -0.507 e. The Balaban J connectivity index is 1.51. The summed E-state index contributed by atoms with van der Waals surface area (Å²) in [4.78, 5) is 12.4. The minimum atomic E-state index is -0.761. The third kappa shape index (κ3) is 2.98. The molecule has 0 saturated carbocycles. The molecule has 6 heteroatoms. The monoisotopic (exact) mass is 352 g/mol. The largest absolute Gasteiger partial charge is 0.507 e. The second-order valence-electron chi connectivity index (χ2n) is 6.51. The molecule has 1 amide bonds. The normalized spacial score (nSPS) is 19.7. The molecule has 2 N–H and O–H groups in total. The molecule has 134 valence electrons. The standard InChI is InChI=1S/C20H20N2O4/c1-12-9-10-15(23)19-13(12)5-4-6-14(19)21-22-20(24)18-11-25-16-7-2-3-8-17(16)26-18/h2-3,7-10,18,23H,4-6,11H2,1H3,(H,22,24)/b21-14+/t18-/m1/s1. The molecule has 0 unspecified atom stereocenters. The molecule has 1 atom stereocenters. The van der Waals surface area contributed by atoms with Crippen molar-refractivity contribution in [2.45, 2.75) is 32.3 Å². The molecule has 0 fully saturated rings. The first-order chi connectivity index (χ1) is 12.6. The maximum Gasteiger partial charge on any atom is 0.284 e. The van der Waals surface area contributed by atoms with Gasteiger partial charge in [0.25, 0.3) is 5.91 Å². The summed E-state index contributed by atoms with van der Waals surface area (Å²) in [5, 5.41) is 14.5. The molecule has 1 aliphatic heterocycles. The molecule has 2 aromatic rings. The Morgan fingerprint density at radius 2 is 2.00 bits per heavy atom. The van der Waals surface area contributed by atoms with Crippen LogP contribution in [0.5, 0.6) is 17.2 Å². The van der Waals surface area contributed by atoms with Crippen molar-refractivity contribution in [1.82, 2.24) is 5.43 Å². The molecule has 2 aliphatic rings. The van der Waals surface area contributed by atoms with Crippen molar-refractivity contribution in [3.8, 4) is 17.2 Å². The number of nitrogens with one attached hydrogen (secondary N) is 1. The van der Waals surface area contributed by atoms with E-state index in [1.54, 1.807) is 18.2 Å². The molecule has 1 aliphatic carbocycles. The van der Waals surface area contributed by atoms with Gasteiger partial charge in [-0.25, -0.2) is 5.43 Å². The summed E-state index contributed by atoms with van der Waals surface area (Å²) in [6.45, 7) is 2.15. The van der Waals surface area contributed by atoms with Crippen LogP contribution in [0.4, 0.5) is 0 Å². The van der Waals surface area contributed by atoms with Gasteiger partial charge in [0, 0.05) is 5.56 Å². The highest BCUT2D eigenvalue weighted by atomic mass is 16.6. The average molecular weight is 352 g/mol. The summed E-state index contributed by atoms with van der Waals surface area (Å²) in [5.41, 5.74) is 6.22. The lowest BCUT2D eigenvalue weighted by Gasteiger charge is -2.25. The predicted molar refractivity (Wildman–Crippen MR) is 96.8 cm³/mol. The lowest BCUT2D eigenvalue weighted by molar-refractivity contribution is -0.130. The fourth-order valence-electron chi connectivity index (χ4n) is 3.40. The molecule has 2 aromatic carbocycles. The number of benzene rings is 2. The van der Waals surface area contributed by atoms with E-state index in [1.165, 1.54) is 0 Å². The van der Waals surface area contributed by atoms with Gasteiger partial charge in [-0.05, 0) is 55.5 Å². The van der Waals surface area contributed by atoms with Crippen LogP contribution in [0.2, 0.25) is 0 Å². The molecule has 26 heavy (non-hydrogen) atoms. The number of carbonyl (C=O) groups excluding carboxylic acids is 1. The topological polar surface area (TPSA) is 80.2 Å². The van der Waals surface area contributed by atoms with E-state index >= 15 is 0 Å². The van der Waals surface area contributed by atoms with E-state index in [9.17, 15) is 9.90 Å². The molecule has 0 aromatic heterocycles. The van der Waals surface area contributed by atoms with Gasteiger partial charge in [0.05, 0.1) is 5.71 Å². The van der Waals surface area contributed by atoms with Crippen molar-refractivity contribution in [3.63, 3.8) is 0 Å². The number of nitrogens with zero attached hydrogens (tertiary/aromatic N) is 1. The van der Waals surface area contributed by atoms with Crippen LogP contribution >= 0.6 is 0 Å². The first-order valence-corrected chi connectivity index (χ1v) is 8.70. The Bertz CT molecular complexity index is 891. The first-order valence-electron chi connectivity index (χ1n) is 8.70. The summed E-state index contributed by atoms with van der Waals surface area (Å²) in [6, 6.07) is 10.8. The SMILES string of the molecule is Cc1ccc(O)c2c1CCC/C2=N\NC(=O)[C@H]1COc2ccccc2O1. The minimum absolute atomic E-state index is 0.134. The zero-order chi connectivity index (χ0) is 18.1. The Labute approximate surface area is 151 Å². The van der Waals surface area contributed by atoms with Crippen molar-refractivity contribution in [2.24, 2.45) is 5.10 Å². The molecule has 0 radical (unpaired) electrons. The lowest BCUT2D eigenvalue weighted by atomic mass is 9.86. The molecule has 1 heterocycles. The number of amides is 1. The third-order valence-electron chi connectivity index (χ3n) is 4.76. The summed E-state index contributed by atoms with van der Waals surface area (Å²) in [5.74, 6) is 1.00. The number of hydrogen-bond acceptors (Lipinski definition) is 5. The van der Waals surface area contributed by atoms with Crippen LogP contribution in [-0.2, 0) is 11.2 Å². The Kier molecular flexibility index (Phi) is 4.24. The van der Waals surface area contributed by atoms with Gasteiger partial charge >= 0.3 is 0 Å². The highest BCUT2D eigenvalue weighted by molar-refractivity contribution is 6.05. The van der Waals surface area contributed by atoms with Crippen LogP contribution in [0, 0.1) is 6.92 Å². The van der Waals surface area contributed by atoms with Crippen molar-refractivity contribution in [1.29, 1.82) is 0 Å². The van der Waals surface area contributed by atoms with Crippen molar-refractivity contribution < 1.29 is 19.4 Å². The van der Waals surface area contributed by atoms with Gasteiger partial charge in [-0.2, -0.15) is 5.10 Å². The number of hydrogen-bond donors (Lipinski definition) is 2. The highest BCUT2D eigenvalue weighted by Crippen LogP contribution is 2.32. The van der Waals surface area contributed by atoms with Gasteiger partial charge < -0.3 is 14.6 Å². The summed E-state index contributed by atoms with van der Waals surface area (Å²) < 4.78 is 11.3. The summed E-state index contributed by atoms with van der Waals surface area (Å²) in [6.07, 6.45) is 1.78. The van der Waals surface area contributed by atoms with Crippen molar-refractivity contribution in [2.75, 3.05) is 6.61 Å². The average Bonchev–Trinajstić information content (AvgIpc) is 2.68. The van der Waals surface area contributed by atoms with E-state index in [1.807, 2.05) is 25.1 Å². The molecule has 6 nitrogen and oxygen atoms in total. The van der Waals surface area contributed by atoms with Gasteiger partial charge in [-0.15, -0.1) is 0 Å². The highest BCUT2D eigenvalue weighted by Gasteiger charge is 2.28. The van der Waals surface area contributed by atoms with Crippen molar-refractivity contribution in [3.05, 3.63) is 53.1 Å². The number of phenols is 1. The number of ether oxygens (including phenoxy) is 2. The van der Waals surface area contributed by atoms with Gasteiger partial charge in [0.1, 0.15) is 12.4 Å². The van der Waals surface area contributed by atoms with Gasteiger partial charge in [-0.3, -0.25) is 4.79 Å². The van der Waals surface area contributed by atoms with E-state index in [0.717, 1.165) is 29.5 Å². The summed E-state index contributed by atoms with van der Waals surface area (Å²) in [7, 11) is 0. The van der Waals surface area contributed by atoms with E-state index in [4.69, 9.17) is 9.47 Å². The number of hydrazone groups is 1. The van der Waals surface area contributed by atoms with Crippen LogP contribution < -0.4 is 14.9 Å². The predicted octanol–water partition coefficient (Wildman–Crippen LogP) is 2.70. The maximum atomic E-state index is 12.4. The smallest absolute Gasteiger partial charge is 0.284 e. The summed E-state index contributed by atoms with van der Waals surface area (Å²) >= 11 is 0. The molecule has 4 rings (SSSR count). The molecule has 0 saturated heterocycles. The van der Waals surface area contributed by atoms with E-state index < -0.39 is 6.10 Å². The Morgan fingerprint density at radius 3 is 2.85 bits per heavy atom. The number of para-hydroxylation sites is 2. The zero-order valence-corrected chi connectivity index (χ0v) is 14.5. The van der Waals surface area contributed by atoms with Crippen molar-refractivity contribution >= 4 is 11.6 Å². The number of rotatable bonds is 2. The number of aromatic hydroxyl groups is 1. The number of fused-ring (bicyclic) bond motifs is 2. The fourth-order valence-corrected chi connectivity index (χ4v) is 3.40. The van der Waals surface area contributed by atoms with Crippen LogP contribution in [-0.4, -0.2) is 29.4 Å². The van der Waals surface area contributed by atoms with Gasteiger partial charge in [-0.1, -0.05) is 18.2 Å². The van der Waals surface area contributed by atoms with Crippen LogP contribution in [0.25, 0.3) is 0 Å². The Hall–Kier alpha value is -3.02. The molecule has 0 bridgehead atoms. The number of phenolic OH excluding ortho intramolecular Hbond substituents is 1. The fraction of sp³-hybridized carbons (Fsp3) is 0.300. The van der Waals surface area contributed by atoms with Gasteiger partial charge in [0.15, 0.2) is 11.5 Å². The maximum absolute atomic E-state index is 12.4. The zero-order valence-electron chi connectivity index (χ0n) is 14.5. The molecular formula is C20H20N2O4. The second-order valence-corrected chi connectivity index (χ2v) is 6.51. The van der Waals surface area contributed by atoms with Gasteiger partial charge in [0.2, 0.25) is 6.10 Å². The number of carbonyl (C=O) groups is 1. The van der Waals surface area contributed by atoms with E-state index in [-0.39, 0.29) is 18.3 Å².